The monoisotopic (exact) mass is 434 g/mol. The van der Waals surface area contributed by atoms with Crippen molar-refractivity contribution in [3.05, 3.63) is 35.4 Å². The van der Waals surface area contributed by atoms with E-state index in [2.05, 4.69) is 72.7 Å². The Morgan fingerprint density at radius 3 is 1.74 bits per heavy atom. The van der Waals surface area contributed by atoms with E-state index in [4.69, 9.17) is 18.9 Å². The van der Waals surface area contributed by atoms with Gasteiger partial charge in [-0.15, -0.1) is 0 Å². The molecule has 0 amide bonds. The van der Waals surface area contributed by atoms with Gasteiger partial charge in [0.15, 0.2) is 0 Å². The lowest BCUT2D eigenvalue weighted by atomic mass is 9.75. The third-order valence-electron chi connectivity index (χ3n) is 7.01. The van der Waals surface area contributed by atoms with Crippen LogP contribution < -0.4 is 0 Å². The minimum Gasteiger partial charge on any atom is -0.380 e. The Bertz CT molecular complexity index is 643. The Morgan fingerprint density at radius 2 is 1.35 bits per heavy atom. The highest BCUT2D eigenvalue weighted by atomic mass is 16.5. The number of benzene rings is 1. The molecule has 0 aromatic heterocycles. The van der Waals surface area contributed by atoms with E-state index in [1.54, 1.807) is 7.11 Å². The summed E-state index contributed by atoms with van der Waals surface area (Å²) in [4.78, 5) is 0. The maximum absolute atomic E-state index is 6.18. The zero-order valence-electron chi connectivity index (χ0n) is 21.3. The molecule has 0 N–H and O–H groups in total. The summed E-state index contributed by atoms with van der Waals surface area (Å²) in [6, 6.07) is 8.72. The van der Waals surface area contributed by atoms with Gasteiger partial charge in [-0.3, -0.25) is 0 Å². The van der Waals surface area contributed by atoms with E-state index >= 15 is 0 Å². The first-order chi connectivity index (χ1) is 14.5. The molecule has 0 unspecified atom stereocenters. The van der Waals surface area contributed by atoms with Gasteiger partial charge in [-0.05, 0) is 59.4 Å². The SMILES string of the molecule is CCC1(CC(C)(C)OC)COC1.CCC1(COC(C)(C)Cc2ccc(C)cc2)COC1. The van der Waals surface area contributed by atoms with Crippen LogP contribution in [0.25, 0.3) is 0 Å². The van der Waals surface area contributed by atoms with Crippen LogP contribution in [0.3, 0.4) is 0 Å². The van der Waals surface area contributed by atoms with Gasteiger partial charge < -0.3 is 18.9 Å². The third kappa shape index (κ3) is 7.85. The molecule has 4 nitrogen and oxygen atoms in total. The molecule has 4 heteroatoms. The summed E-state index contributed by atoms with van der Waals surface area (Å²) in [5, 5.41) is 0. The van der Waals surface area contributed by atoms with Crippen LogP contribution in [0, 0.1) is 17.8 Å². The standard InChI is InChI=1S/C17H26O2.C10H20O2/c1-5-17(11-18-12-17)13-19-16(3,4)10-15-8-6-14(2)7-9-15;1-5-10(7-12-8-10)6-9(2,3)11-4/h6-9H,5,10-13H2,1-4H3;5-8H2,1-4H3. The van der Waals surface area contributed by atoms with Crippen LogP contribution in [0.1, 0.15) is 71.9 Å². The van der Waals surface area contributed by atoms with Crippen molar-refractivity contribution < 1.29 is 18.9 Å². The van der Waals surface area contributed by atoms with Crippen LogP contribution in [0.5, 0.6) is 0 Å². The van der Waals surface area contributed by atoms with Crippen LogP contribution in [-0.4, -0.2) is 51.3 Å². The fraction of sp³-hybridized carbons (Fsp3) is 0.778. The van der Waals surface area contributed by atoms with Crippen LogP contribution in [-0.2, 0) is 25.4 Å². The molecule has 2 heterocycles. The van der Waals surface area contributed by atoms with Crippen LogP contribution in [0.4, 0.5) is 0 Å². The second-order valence-corrected chi connectivity index (χ2v) is 11.0. The van der Waals surface area contributed by atoms with E-state index in [1.807, 2.05) is 0 Å². The number of ether oxygens (including phenoxy) is 4. The highest BCUT2D eigenvalue weighted by Gasteiger charge is 2.41. The maximum atomic E-state index is 6.18. The average Bonchev–Trinajstić information content (AvgIpc) is 2.66. The Kier molecular flexibility index (Phi) is 9.15. The lowest BCUT2D eigenvalue weighted by Gasteiger charge is -2.45. The smallest absolute Gasteiger partial charge is 0.0667 e. The molecule has 1 aromatic rings. The predicted molar refractivity (Wildman–Crippen MR) is 128 cm³/mol. The van der Waals surface area contributed by atoms with E-state index in [-0.39, 0.29) is 16.6 Å². The number of methoxy groups -OCH3 is 1. The van der Waals surface area contributed by atoms with Gasteiger partial charge in [0.25, 0.3) is 0 Å². The Labute approximate surface area is 191 Å². The van der Waals surface area contributed by atoms with Crippen LogP contribution >= 0.6 is 0 Å². The minimum absolute atomic E-state index is 0.000208. The topological polar surface area (TPSA) is 36.9 Å². The Balaban J connectivity index is 0.000000245. The van der Waals surface area contributed by atoms with E-state index in [0.717, 1.165) is 52.3 Å². The quantitative estimate of drug-likeness (QED) is 0.453. The van der Waals surface area contributed by atoms with Gasteiger partial charge in [-0.2, -0.15) is 0 Å². The molecule has 0 aliphatic carbocycles. The van der Waals surface area contributed by atoms with Gasteiger partial charge in [-0.1, -0.05) is 43.7 Å². The largest absolute Gasteiger partial charge is 0.380 e. The first-order valence-corrected chi connectivity index (χ1v) is 11.9. The summed E-state index contributed by atoms with van der Waals surface area (Å²) in [5.41, 5.74) is 3.20. The maximum Gasteiger partial charge on any atom is 0.0667 e. The second-order valence-electron chi connectivity index (χ2n) is 11.0. The van der Waals surface area contributed by atoms with Crippen molar-refractivity contribution in [3.8, 4) is 0 Å². The number of hydrogen-bond donors (Lipinski definition) is 0. The lowest BCUT2D eigenvalue weighted by molar-refractivity contribution is -0.174. The minimum atomic E-state index is -0.118. The van der Waals surface area contributed by atoms with Crippen molar-refractivity contribution in [1.29, 1.82) is 0 Å². The molecule has 1 aromatic carbocycles. The Hall–Kier alpha value is -0.940. The van der Waals surface area contributed by atoms with Gasteiger partial charge in [-0.25, -0.2) is 0 Å². The molecule has 2 fully saturated rings. The van der Waals surface area contributed by atoms with Crippen molar-refractivity contribution in [3.63, 3.8) is 0 Å². The van der Waals surface area contributed by atoms with Crippen molar-refractivity contribution in [1.82, 2.24) is 0 Å². The average molecular weight is 435 g/mol. The summed E-state index contributed by atoms with van der Waals surface area (Å²) >= 11 is 0. The first-order valence-electron chi connectivity index (χ1n) is 11.9. The fourth-order valence-corrected chi connectivity index (χ4v) is 4.17. The number of hydrogen-bond acceptors (Lipinski definition) is 4. The van der Waals surface area contributed by atoms with Crippen molar-refractivity contribution in [2.75, 3.05) is 40.1 Å². The van der Waals surface area contributed by atoms with Gasteiger partial charge in [0.2, 0.25) is 0 Å². The first kappa shape index (κ1) is 26.3. The molecule has 0 spiro atoms. The van der Waals surface area contributed by atoms with Gasteiger partial charge in [0.05, 0.1) is 44.2 Å². The predicted octanol–water partition coefficient (Wildman–Crippen LogP) is 5.99. The molecule has 178 valence electrons. The van der Waals surface area contributed by atoms with Gasteiger partial charge >= 0.3 is 0 Å². The molecule has 31 heavy (non-hydrogen) atoms. The molecular formula is C27H46O4. The third-order valence-corrected chi connectivity index (χ3v) is 7.01. The van der Waals surface area contributed by atoms with Crippen molar-refractivity contribution in [2.45, 2.75) is 85.4 Å². The van der Waals surface area contributed by atoms with Crippen LogP contribution in [0.2, 0.25) is 0 Å². The molecule has 0 radical (unpaired) electrons. The molecule has 0 bridgehead atoms. The number of aryl methyl sites for hydroxylation is 1. The van der Waals surface area contributed by atoms with Gasteiger partial charge in [0.1, 0.15) is 0 Å². The molecule has 0 atom stereocenters. The fourth-order valence-electron chi connectivity index (χ4n) is 4.17. The summed E-state index contributed by atoms with van der Waals surface area (Å²) in [6.45, 7) is 19.5. The molecule has 2 saturated heterocycles. The summed E-state index contributed by atoms with van der Waals surface area (Å²) in [5.74, 6) is 0. The van der Waals surface area contributed by atoms with Crippen molar-refractivity contribution in [2.24, 2.45) is 10.8 Å². The van der Waals surface area contributed by atoms with Gasteiger partial charge in [0, 0.05) is 24.4 Å². The summed E-state index contributed by atoms with van der Waals surface area (Å²) < 4.78 is 22.2. The van der Waals surface area contributed by atoms with E-state index < -0.39 is 0 Å². The summed E-state index contributed by atoms with van der Waals surface area (Å²) in [7, 11) is 1.78. The van der Waals surface area contributed by atoms with Crippen LogP contribution in [0.15, 0.2) is 24.3 Å². The normalized spacial score (nSPS) is 19.6. The second kappa shape index (κ2) is 10.8. The van der Waals surface area contributed by atoms with E-state index in [9.17, 15) is 0 Å². The zero-order valence-corrected chi connectivity index (χ0v) is 21.3. The van der Waals surface area contributed by atoms with Crippen molar-refractivity contribution >= 4 is 0 Å². The molecule has 3 rings (SSSR count). The zero-order chi connectivity index (χ0) is 23.2. The van der Waals surface area contributed by atoms with E-state index in [1.165, 1.54) is 17.5 Å². The molecule has 2 aliphatic heterocycles. The highest BCUT2D eigenvalue weighted by molar-refractivity contribution is 5.22. The summed E-state index contributed by atoms with van der Waals surface area (Å²) in [6.07, 6.45) is 4.38. The Morgan fingerprint density at radius 1 is 0.839 bits per heavy atom. The number of rotatable bonds is 10. The molecule has 0 saturated carbocycles. The molecule has 2 aliphatic rings. The lowest BCUT2D eigenvalue weighted by Crippen LogP contribution is -2.47. The molecular weight excluding hydrogens is 388 g/mol. The highest BCUT2D eigenvalue weighted by Crippen LogP contribution is 2.39. The van der Waals surface area contributed by atoms with E-state index in [0.29, 0.717) is 5.41 Å².